The van der Waals surface area contributed by atoms with Crippen molar-refractivity contribution in [1.29, 1.82) is 0 Å². The molecular formula is C15H16N2O3. The largest absolute Gasteiger partial charge is 0.481 e. The van der Waals surface area contributed by atoms with Crippen molar-refractivity contribution in [3.63, 3.8) is 0 Å². The third-order valence-corrected chi connectivity index (χ3v) is 3.56. The number of hydrogen-bond acceptors (Lipinski definition) is 4. The van der Waals surface area contributed by atoms with Crippen LogP contribution in [0.25, 0.3) is 10.8 Å². The van der Waals surface area contributed by atoms with E-state index in [9.17, 15) is 4.79 Å². The molecule has 0 radical (unpaired) electrons. The molecule has 2 heterocycles. The average molecular weight is 272 g/mol. The van der Waals surface area contributed by atoms with E-state index in [2.05, 4.69) is 9.88 Å². The van der Waals surface area contributed by atoms with Crippen LogP contribution in [0.5, 0.6) is 0 Å². The minimum atomic E-state index is -0.814. The van der Waals surface area contributed by atoms with Gasteiger partial charge >= 0.3 is 5.97 Å². The van der Waals surface area contributed by atoms with Crippen LogP contribution in [0.15, 0.2) is 36.5 Å². The first kappa shape index (κ1) is 12.9. The highest BCUT2D eigenvalue weighted by Crippen LogP contribution is 2.27. The van der Waals surface area contributed by atoms with E-state index in [1.54, 1.807) is 6.20 Å². The molecule has 0 bridgehead atoms. The maximum absolute atomic E-state index is 11.0. The Morgan fingerprint density at radius 1 is 1.40 bits per heavy atom. The van der Waals surface area contributed by atoms with Gasteiger partial charge in [0.15, 0.2) is 0 Å². The molecule has 0 spiro atoms. The number of fused-ring (bicyclic) bond motifs is 1. The molecule has 1 aliphatic heterocycles. The third kappa shape index (κ3) is 2.44. The number of nitrogens with zero attached hydrogens (tertiary/aromatic N) is 2. The minimum absolute atomic E-state index is 0.0604. The van der Waals surface area contributed by atoms with Gasteiger partial charge in [0.1, 0.15) is 5.82 Å². The third-order valence-electron chi connectivity index (χ3n) is 3.56. The molecule has 1 atom stereocenters. The molecule has 1 N–H and O–H groups in total. The van der Waals surface area contributed by atoms with Crippen molar-refractivity contribution in [1.82, 2.24) is 4.98 Å². The summed E-state index contributed by atoms with van der Waals surface area (Å²) in [7, 11) is 0. The Balaban J connectivity index is 2.01. The number of morpholine rings is 1. The number of benzene rings is 1. The van der Waals surface area contributed by atoms with Crippen molar-refractivity contribution < 1.29 is 14.6 Å². The lowest BCUT2D eigenvalue weighted by Gasteiger charge is -2.36. The summed E-state index contributed by atoms with van der Waals surface area (Å²) in [5.41, 5.74) is 0. The van der Waals surface area contributed by atoms with Crippen LogP contribution < -0.4 is 4.90 Å². The van der Waals surface area contributed by atoms with E-state index in [1.165, 1.54) is 0 Å². The van der Waals surface area contributed by atoms with E-state index < -0.39 is 5.97 Å². The average Bonchev–Trinajstić information content (AvgIpc) is 2.47. The number of rotatable bonds is 3. The van der Waals surface area contributed by atoms with Crippen LogP contribution >= 0.6 is 0 Å². The molecule has 1 saturated heterocycles. The minimum Gasteiger partial charge on any atom is -0.481 e. The van der Waals surface area contributed by atoms with Crippen LogP contribution in [0, 0.1) is 0 Å². The van der Waals surface area contributed by atoms with Gasteiger partial charge in [0, 0.05) is 18.1 Å². The molecule has 0 amide bonds. The zero-order chi connectivity index (χ0) is 13.9. The summed E-state index contributed by atoms with van der Waals surface area (Å²) in [5, 5.41) is 11.2. The first-order valence-electron chi connectivity index (χ1n) is 6.65. The van der Waals surface area contributed by atoms with E-state index in [-0.39, 0.29) is 12.5 Å². The lowest BCUT2D eigenvalue weighted by atomic mass is 10.1. The first-order chi connectivity index (χ1) is 9.75. The van der Waals surface area contributed by atoms with Crippen molar-refractivity contribution in [2.45, 2.75) is 12.5 Å². The van der Waals surface area contributed by atoms with Gasteiger partial charge in [-0.2, -0.15) is 0 Å². The number of carbonyl (C=O) groups is 1. The molecule has 5 nitrogen and oxygen atoms in total. The molecule has 20 heavy (non-hydrogen) atoms. The summed E-state index contributed by atoms with van der Waals surface area (Å²) >= 11 is 0. The number of carboxylic acid groups (broad SMARTS) is 1. The molecule has 1 aliphatic rings. The molecule has 0 saturated carbocycles. The van der Waals surface area contributed by atoms with Crippen molar-refractivity contribution >= 4 is 22.6 Å². The molecule has 104 valence electrons. The Labute approximate surface area is 116 Å². The predicted octanol–water partition coefficient (Wildman–Crippen LogP) is 1.91. The topological polar surface area (TPSA) is 62.7 Å². The molecular weight excluding hydrogens is 256 g/mol. The quantitative estimate of drug-likeness (QED) is 0.924. The smallest absolute Gasteiger partial charge is 0.305 e. The van der Waals surface area contributed by atoms with Crippen LogP contribution in [-0.4, -0.2) is 41.9 Å². The maximum atomic E-state index is 11.0. The van der Waals surface area contributed by atoms with Crippen molar-refractivity contribution in [3.05, 3.63) is 36.5 Å². The number of ether oxygens (including phenoxy) is 1. The van der Waals surface area contributed by atoms with Gasteiger partial charge in [0.25, 0.3) is 0 Å². The van der Waals surface area contributed by atoms with E-state index in [0.29, 0.717) is 19.8 Å². The number of anilines is 1. The highest BCUT2D eigenvalue weighted by atomic mass is 16.5. The summed E-state index contributed by atoms with van der Waals surface area (Å²) in [6.45, 7) is 1.69. The Morgan fingerprint density at radius 3 is 3.10 bits per heavy atom. The molecule has 1 fully saturated rings. The Kier molecular flexibility index (Phi) is 3.52. The summed E-state index contributed by atoms with van der Waals surface area (Å²) in [6, 6.07) is 9.81. The van der Waals surface area contributed by atoms with Gasteiger partial charge < -0.3 is 14.7 Å². The zero-order valence-corrected chi connectivity index (χ0v) is 11.0. The SMILES string of the molecule is O=C(O)CC1COCCN1c1nccc2ccccc12. The zero-order valence-electron chi connectivity index (χ0n) is 11.0. The molecule has 1 aromatic carbocycles. The number of pyridine rings is 1. The van der Waals surface area contributed by atoms with Gasteiger partial charge in [-0.15, -0.1) is 0 Å². The second kappa shape index (κ2) is 5.46. The van der Waals surface area contributed by atoms with Gasteiger partial charge in [0.2, 0.25) is 0 Å². The van der Waals surface area contributed by atoms with Gasteiger partial charge in [-0.1, -0.05) is 24.3 Å². The number of hydrogen-bond donors (Lipinski definition) is 1. The van der Waals surface area contributed by atoms with Crippen molar-refractivity contribution in [2.24, 2.45) is 0 Å². The highest BCUT2D eigenvalue weighted by Gasteiger charge is 2.27. The summed E-state index contributed by atoms with van der Waals surface area (Å²) in [5.74, 6) is 0.0309. The Hall–Kier alpha value is -2.14. The van der Waals surface area contributed by atoms with E-state index >= 15 is 0 Å². The van der Waals surface area contributed by atoms with Crippen LogP contribution in [-0.2, 0) is 9.53 Å². The van der Waals surface area contributed by atoms with E-state index in [1.807, 2.05) is 30.3 Å². The highest BCUT2D eigenvalue weighted by molar-refractivity contribution is 5.92. The lowest BCUT2D eigenvalue weighted by Crippen LogP contribution is -2.47. The normalized spacial score (nSPS) is 19.2. The fourth-order valence-corrected chi connectivity index (χ4v) is 2.64. The summed E-state index contributed by atoms with van der Waals surface area (Å²) in [4.78, 5) is 17.5. The predicted molar refractivity (Wildman–Crippen MR) is 75.9 cm³/mol. The molecule has 3 rings (SSSR count). The van der Waals surface area contributed by atoms with Crippen LogP contribution in [0.4, 0.5) is 5.82 Å². The fraction of sp³-hybridized carbons (Fsp3) is 0.333. The van der Waals surface area contributed by atoms with Gasteiger partial charge in [-0.05, 0) is 11.5 Å². The Bertz CT molecular complexity index is 624. The number of aliphatic carboxylic acids is 1. The second-order valence-corrected chi connectivity index (χ2v) is 4.88. The van der Waals surface area contributed by atoms with Gasteiger partial charge in [0.05, 0.1) is 25.7 Å². The first-order valence-corrected chi connectivity index (χ1v) is 6.65. The molecule has 1 aromatic heterocycles. The molecule has 0 aliphatic carbocycles. The monoisotopic (exact) mass is 272 g/mol. The molecule has 1 unspecified atom stereocenters. The van der Waals surface area contributed by atoms with Crippen LogP contribution in [0.1, 0.15) is 6.42 Å². The van der Waals surface area contributed by atoms with E-state index in [0.717, 1.165) is 16.6 Å². The number of carboxylic acids is 1. The van der Waals surface area contributed by atoms with Crippen molar-refractivity contribution in [2.75, 3.05) is 24.7 Å². The fourth-order valence-electron chi connectivity index (χ4n) is 2.64. The van der Waals surface area contributed by atoms with Gasteiger partial charge in [-0.25, -0.2) is 4.98 Å². The summed E-state index contributed by atoms with van der Waals surface area (Å²) in [6.07, 6.45) is 1.83. The van der Waals surface area contributed by atoms with Crippen LogP contribution in [0.3, 0.4) is 0 Å². The van der Waals surface area contributed by atoms with Crippen molar-refractivity contribution in [3.8, 4) is 0 Å². The Morgan fingerprint density at radius 2 is 2.25 bits per heavy atom. The molecule has 2 aromatic rings. The van der Waals surface area contributed by atoms with Gasteiger partial charge in [-0.3, -0.25) is 4.79 Å². The molecule has 5 heteroatoms. The lowest BCUT2D eigenvalue weighted by molar-refractivity contribution is -0.138. The van der Waals surface area contributed by atoms with E-state index in [4.69, 9.17) is 9.84 Å². The number of aromatic nitrogens is 1. The summed E-state index contributed by atoms with van der Waals surface area (Å²) < 4.78 is 5.41. The maximum Gasteiger partial charge on any atom is 0.305 e. The second-order valence-electron chi connectivity index (χ2n) is 4.88. The van der Waals surface area contributed by atoms with Crippen LogP contribution in [0.2, 0.25) is 0 Å². The standard InChI is InChI=1S/C15H16N2O3/c18-14(19)9-12-10-20-8-7-17(12)15-13-4-2-1-3-11(13)5-6-16-15/h1-6,12H,7-10H2,(H,18,19).